The summed E-state index contributed by atoms with van der Waals surface area (Å²) in [6, 6.07) is 5.18. The van der Waals surface area contributed by atoms with Gasteiger partial charge >= 0.3 is 0 Å². The molecule has 4 heteroatoms. The van der Waals surface area contributed by atoms with Gasteiger partial charge in [-0.1, -0.05) is 17.7 Å². The van der Waals surface area contributed by atoms with E-state index in [9.17, 15) is 5.11 Å². The van der Waals surface area contributed by atoms with E-state index in [2.05, 4.69) is 19.2 Å². The largest absolute Gasteiger partial charge is 0.508 e. The molecule has 0 radical (unpaired) electrons. The summed E-state index contributed by atoms with van der Waals surface area (Å²) in [6.45, 7) is 5.53. The Bertz CT molecular complexity index is 390. The van der Waals surface area contributed by atoms with Crippen LogP contribution in [0, 0.1) is 0 Å². The quantitative estimate of drug-likeness (QED) is 0.873. The molecule has 1 fully saturated rings. The highest BCUT2D eigenvalue weighted by Gasteiger charge is 2.36. The lowest BCUT2D eigenvalue weighted by atomic mass is 9.94. The third-order valence-electron chi connectivity index (χ3n) is 3.65. The second-order valence-electron chi connectivity index (χ2n) is 4.77. The van der Waals surface area contributed by atoms with Gasteiger partial charge in [0.25, 0.3) is 0 Å². The molecule has 1 heterocycles. The highest BCUT2D eigenvalue weighted by atomic mass is 35.5. The van der Waals surface area contributed by atoms with E-state index in [0.29, 0.717) is 11.6 Å². The van der Waals surface area contributed by atoms with Crippen LogP contribution in [0.5, 0.6) is 5.75 Å². The monoisotopic (exact) mass is 255 g/mol. The zero-order chi connectivity index (χ0) is 12.5. The molecule has 1 aromatic carbocycles. The van der Waals surface area contributed by atoms with Gasteiger partial charge in [-0.3, -0.25) is 0 Å². The Hall–Kier alpha value is -0.770. The number of hydrogen-bond acceptors (Lipinski definition) is 3. The first-order valence-corrected chi connectivity index (χ1v) is 6.24. The fraction of sp³-hybridized carbons (Fsp3) is 0.538. The molecule has 2 rings (SSSR count). The predicted octanol–water partition coefficient (Wildman–Crippen LogP) is 2.70. The van der Waals surface area contributed by atoms with Crippen molar-refractivity contribution in [2.45, 2.75) is 38.5 Å². The standard InChI is InChI=1S/C13H18ClNO2/c1-9-13(2,6-7-17-9)15-8-10-11(14)4-3-5-12(10)16/h3-5,9,15-16H,6-8H2,1-2H3. The normalized spacial score (nSPS) is 28.5. The number of phenols is 1. The van der Waals surface area contributed by atoms with Crippen molar-refractivity contribution in [2.24, 2.45) is 0 Å². The molecule has 0 saturated carbocycles. The van der Waals surface area contributed by atoms with Crippen molar-refractivity contribution in [3.8, 4) is 5.75 Å². The maximum atomic E-state index is 9.76. The molecule has 2 unspecified atom stereocenters. The molecule has 2 atom stereocenters. The van der Waals surface area contributed by atoms with Crippen LogP contribution in [0.3, 0.4) is 0 Å². The van der Waals surface area contributed by atoms with Gasteiger partial charge in [-0.2, -0.15) is 0 Å². The Kier molecular flexibility index (Phi) is 3.61. The first kappa shape index (κ1) is 12.7. The Morgan fingerprint density at radius 1 is 1.59 bits per heavy atom. The maximum absolute atomic E-state index is 9.76. The topological polar surface area (TPSA) is 41.5 Å². The zero-order valence-electron chi connectivity index (χ0n) is 10.2. The van der Waals surface area contributed by atoms with Crippen LogP contribution in [0.25, 0.3) is 0 Å². The Morgan fingerprint density at radius 2 is 2.35 bits per heavy atom. The molecule has 3 nitrogen and oxygen atoms in total. The molecule has 1 saturated heterocycles. The minimum absolute atomic E-state index is 0.0500. The highest BCUT2D eigenvalue weighted by molar-refractivity contribution is 6.31. The van der Waals surface area contributed by atoms with Gasteiger partial charge in [-0.25, -0.2) is 0 Å². The van der Waals surface area contributed by atoms with Gasteiger partial charge in [0.2, 0.25) is 0 Å². The fourth-order valence-corrected chi connectivity index (χ4v) is 2.32. The van der Waals surface area contributed by atoms with Crippen LogP contribution in [0.4, 0.5) is 0 Å². The fourth-order valence-electron chi connectivity index (χ4n) is 2.08. The van der Waals surface area contributed by atoms with Gasteiger partial charge in [0, 0.05) is 29.3 Å². The summed E-state index contributed by atoms with van der Waals surface area (Å²) in [5, 5.41) is 13.8. The van der Waals surface area contributed by atoms with Gasteiger partial charge in [0.05, 0.1) is 6.10 Å². The first-order valence-electron chi connectivity index (χ1n) is 5.86. The summed E-state index contributed by atoms with van der Waals surface area (Å²) >= 11 is 6.07. The van der Waals surface area contributed by atoms with Crippen LogP contribution in [-0.4, -0.2) is 23.4 Å². The molecule has 94 valence electrons. The minimum Gasteiger partial charge on any atom is -0.508 e. The van der Waals surface area contributed by atoms with Crippen molar-refractivity contribution >= 4 is 11.6 Å². The lowest BCUT2D eigenvalue weighted by Gasteiger charge is -2.29. The van der Waals surface area contributed by atoms with E-state index in [1.165, 1.54) is 0 Å². The summed E-state index contributed by atoms with van der Waals surface area (Å²) in [5.74, 6) is 0.236. The number of hydrogen-bond donors (Lipinski definition) is 2. The number of ether oxygens (including phenoxy) is 1. The van der Waals surface area contributed by atoms with Crippen molar-refractivity contribution < 1.29 is 9.84 Å². The van der Waals surface area contributed by atoms with Gasteiger partial charge < -0.3 is 15.2 Å². The van der Waals surface area contributed by atoms with Crippen molar-refractivity contribution in [1.82, 2.24) is 5.32 Å². The Labute approximate surface area is 107 Å². The number of rotatable bonds is 3. The summed E-state index contributed by atoms with van der Waals surface area (Å²) in [6.07, 6.45) is 1.14. The van der Waals surface area contributed by atoms with Crippen molar-refractivity contribution in [2.75, 3.05) is 6.61 Å². The van der Waals surface area contributed by atoms with E-state index in [-0.39, 0.29) is 17.4 Å². The average molecular weight is 256 g/mol. The molecular weight excluding hydrogens is 238 g/mol. The first-order chi connectivity index (χ1) is 8.03. The van der Waals surface area contributed by atoms with Gasteiger partial charge in [0.1, 0.15) is 5.75 Å². The number of aromatic hydroxyl groups is 1. The second-order valence-corrected chi connectivity index (χ2v) is 5.18. The summed E-state index contributed by atoms with van der Waals surface area (Å²) < 4.78 is 5.56. The van der Waals surface area contributed by atoms with Crippen LogP contribution in [0.1, 0.15) is 25.8 Å². The molecule has 1 aliphatic heterocycles. The maximum Gasteiger partial charge on any atom is 0.121 e. The van der Waals surface area contributed by atoms with E-state index in [1.807, 2.05) is 0 Å². The number of benzene rings is 1. The number of halogens is 1. The summed E-state index contributed by atoms with van der Waals surface area (Å²) in [5.41, 5.74) is 0.695. The molecule has 17 heavy (non-hydrogen) atoms. The van der Waals surface area contributed by atoms with E-state index in [4.69, 9.17) is 16.3 Å². The lowest BCUT2D eigenvalue weighted by Crippen LogP contribution is -2.47. The van der Waals surface area contributed by atoms with Crippen molar-refractivity contribution in [3.05, 3.63) is 28.8 Å². The summed E-state index contributed by atoms with van der Waals surface area (Å²) in [7, 11) is 0. The zero-order valence-corrected chi connectivity index (χ0v) is 10.9. The lowest BCUT2D eigenvalue weighted by molar-refractivity contribution is 0.0881. The SMILES string of the molecule is CC1OCCC1(C)NCc1c(O)cccc1Cl. The van der Waals surface area contributed by atoms with Crippen molar-refractivity contribution in [1.29, 1.82) is 0 Å². The number of phenolic OH excluding ortho intramolecular Hbond substituents is 1. The third kappa shape index (κ3) is 2.57. The van der Waals surface area contributed by atoms with E-state index in [0.717, 1.165) is 18.6 Å². The van der Waals surface area contributed by atoms with Crippen LogP contribution < -0.4 is 5.32 Å². The second kappa shape index (κ2) is 4.84. The van der Waals surface area contributed by atoms with Crippen LogP contribution in [0.2, 0.25) is 5.02 Å². The molecule has 0 aromatic heterocycles. The third-order valence-corrected chi connectivity index (χ3v) is 4.00. The van der Waals surface area contributed by atoms with Crippen LogP contribution in [0.15, 0.2) is 18.2 Å². The molecular formula is C13H18ClNO2. The molecule has 0 amide bonds. The minimum atomic E-state index is -0.0500. The smallest absolute Gasteiger partial charge is 0.121 e. The number of nitrogens with one attached hydrogen (secondary N) is 1. The van der Waals surface area contributed by atoms with Gasteiger partial charge in [-0.15, -0.1) is 0 Å². The average Bonchev–Trinajstić information content (AvgIpc) is 2.59. The molecule has 1 aromatic rings. The summed E-state index contributed by atoms with van der Waals surface area (Å²) in [4.78, 5) is 0. The van der Waals surface area contributed by atoms with Crippen LogP contribution in [-0.2, 0) is 11.3 Å². The van der Waals surface area contributed by atoms with Crippen LogP contribution >= 0.6 is 11.6 Å². The van der Waals surface area contributed by atoms with E-state index >= 15 is 0 Å². The Balaban J connectivity index is 2.07. The molecule has 0 spiro atoms. The van der Waals surface area contributed by atoms with E-state index < -0.39 is 0 Å². The molecule has 0 aliphatic carbocycles. The Morgan fingerprint density at radius 3 is 2.94 bits per heavy atom. The predicted molar refractivity (Wildman–Crippen MR) is 68.4 cm³/mol. The van der Waals surface area contributed by atoms with Gasteiger partial charge in [0.15, 0.2) is 0 Å². The molecule has 2 N–H and O–H groups in total. The molecule has 0 bridgehead atoms. The van der Waals surface area contributed by atoms with Gasteiger partial charge in [-0.05, 0) is 32.4 Å². The highest BCUT2D eigenvalue weighted by Crippen LogP contribution is 2.29. The van der Waals surface area contributed by atoms with Crippen molar-refractivity contribution in [3.63, 3.8) is 0 Å². The van der Waals surface area contributed by atoms with E-state index in [1.54, 1.807) is 18.2 Å². The molecule has 1 aliphatic rings.